The molecule has 2 aromatic rings. The Labute approximate surface area is 317 Å². The van der Waals surface area contributed by atoms with Gasteiger partial charge in [0.1, 0.15) is 24.2 Å². The van der Waals surface area contributed by atoms with E-state index in [9.17, 15) is 34.2 Å². The van der Waals surface area contributed by atoms with Crippen LogP contribution in [-0.2, 0) is 41.7 Å². The Kier molecular flexibility index (Phi) is 21.4. The summed E-state index contributed by atoms with van der Waals surface area (Å²) < 4.78 is 25.4. The van der Waals surface area contributed by atoms with Crippen molar-refractivity contribution in [3.63, 3.8) is 0 Å². The zero-order valence-electron chi connectivity index (χ0n) is 32.1. The highest BCUT2D eigenvalue weighted by atomic mass is 16.6. The topological polar surface area (TPSA) is 192 Å². The van der Waals surface area contributed by atoms with Gasteiger partial charge in [0.05, 0.1) is 13.0 Å². The maximum atomic E-state index is 14.0. The standard InChI is InChI=1S/C41H57NO12/c1-5-7-9-12-15-18-32(44)19-16-13-10-11-14-17-20-34(41(49,25-26-43)39(47)52-29-36-30(3)53-40(48)54-36)37(45)42-35(38(46)50-4)28-31-21-23-33(24-22-31)51-27-8-6-2/h17,20-24,34-35,43,49H,5,7,9-16,18-19,25-29H2,1-4H3,(H,42,45)/b20-17+/t34-,35+,41+/m1/s1. The predicted molar refractivity (Wildman–Crippen MR) is 200 cm³/mol. The molecule has 13 nitrogen and oxygen atoms in total. The number of aliphatic hydroxyl groups is 2. The van der Waals surface area contributed by atoms with Gasteiger partial charge in [-0.25, -0.2) is 14.4 Å². The second kappa shape index (κ2) is 25.4. The first-order chi connectivity index (χ1) is 26.0. The summed E-state index contributed by atoms with van der Waals surface area (Å²) in [5.74, 6) is 0.811. The van der Waals surface area contributed by atoms with E-state index >= 15 is 0 Å². The van der Waals surface area contributed by atoms with E-state index < -0.39 is 60.9 Å². The Morgan fingerprint density at radius 3 is 2.24 bits per heavy atom. The number of carbonyl (C=O) groups is 4. The number of hydrogen-bond acceptors (Lipinski definition) is 12. The molecule has 1 aromatic carbocycles. The molecule has 13 heteroatoms. The molecule has 0 fully saturated rings. The van der Waals surface area contributed by atoms with Crippen LogP contribution >= 0.6 is 0 Å². The Bertz CT molecular complexity index is 1600. The third-order valence-corrected chi connectivity index (χ3v) is 8.93. The molecule has 1 aromatic heterocycles. The number of aryl methyl sites for hydroxylation is 1. The number of nitrogens with one attached hydrogen (secondary N) is 1. The summed E-state index contributed by atoms with van der Waals surface area (Å²) in [6.07, 6.45) is 12.8. The minimum atomic E-state index is -2.59. The van der Waals surface area contributed by atoms with Crippen LogP contribution in [0.25, 0.3) is 0 Å². The van der Waals surface area contributed by atoms with E-state index in [2.05, 4.69) is 24.1 Å². The summed E-state index contributed by atoms with van der Waals surface area (Å²) in [5, 5.41) is 24.3. The first kappa shape index (κ1) is 45.5. The largest absolute Gasteiger partial charge is 0.519 e. The van der Waals surface area contributed by atoms with Crippen LogP contribution in [0.3, 0.4) is 0 Å². The van der Waals surface area contributed by atoms with Crippen molar-refractivity contribution in [1.82, 2.24) is 5.32 Å². The van der Waals surface area contributed by atoms with Gasteiger partial charge in [-0.2, -0.15) is 0 Å². The number of esters is 2. The Morgan fingerprint density at radius 2 is 1.65 bits per heavy atom. The fourth-order valence-corrected chi connectivity index (χ4v) is 5.75. The highest BCUT2D eigenvalue weighted by Crippen LogP contribution is 2.27. The molecule has 0 aliphatic carbocycles. The van der Waals surface area contributed by atoms with Gasteiger partial charge < -0.3 is 38.6 Å². The Balaban J connectivity index is 2.18. The van der Waals surface area contributed by atoms with Crippen molar-refractivity contribution in [2.75, 3.05) is 20.3 Å². The highest BCUT2D eigenvalue weighted by molar-refractivity contribution is 5.93. The van der Waals surface area contributed by atoms with Gasteiger partial charge in [-0.15, -0.1) is 5.92 Å². The van der Waals surface area contributed by atoms with Crippen molar-refractivity contribution in [2.45, 2.75) is 129 Å². The van der Waals surface area contributed by atoms with Crippen LogP contribution in [-0.4, -0.2) is 65.8 Å². The number of aliphatic hydroxyl groups excluding tert-OH is 1. The molecule has 0 aliphatic rings. The van der Waals surface area contributed by atoms with Gasteiger partial charge in [-0.05, 0) is 57.2 Å². The van der Waals surface area contributed by atoms with Crippen molar-refractivity contribution in [1.29, 1.82) is 0 Å². The van der Waals surface area contributed by atoms with E-state index in [1.165, 1.54) is 33.0 Å². The van der Waals surface area contributed by atoms with Gasteiger partial charge in [-0.3, -0.25) is 9.59 Å². The summed E-state index contributed by atoms with van der Waals surface area (Å²) in [6, 6.07) is 5.61. The van der Waals surface area contributed by atoms with Crippen molar-refractivity contribution in [3.05, 3.63) is 64.1 Å². The molecule has 3 atom stereocenters. The zero-order chi connectivity index (χ0) is 39.8. The average Bonchev–Trinajstić information content (AvgIpc) is 3.48. The minimum absolute atomic E-state index is 0.00687. The average molecular weight is 756 g/mol. The molecule has 3 N–H and O–H groups in total. The van der Waals surface area contributed by atoms with Crippen LogP contribution in [0.15, 0.2) is 50.0 Å². The second-order valence-corrected chi connectivity index (χ2v) is 13.1. The molecule has 0 spiro atoms. The second-order valence-electron chi connectivity index (χ2n) is 13.1. The summed E-state index contributed by atoms with van der Waals surface area (Å²) >= 11 is 0. The fraction of sp³-hybridized carbons (Fsp3) is 0.585. The lowest BCUT2D eigenvalue weighted by Crippen LogP contribution is -2.55. The number of hydrogen-bond donors (Lipinski definition) is 3. The smallest absolute Gasteiger partial charge is 0.481 e. The van der Waals surface area contributed by atoms with Crippen molar-refractivity contribution in [2.24, 2.45) is 5.92 Å². The van der Waals surface area contributed by atoms with Crippen LogP contribution in [0.2, 0.25) is 0 Å². The summed E-state index contributed by atoms with van der Waals surface area (Å²) in [7, 11) is 1.17. The van der Waals surface area contributed by atoms with E-state index in [0.29, 0.717) is 37.0 Å². The maximum Gasteiger partial charge on any atom is 0.519 e. The molecule has 0 unspecified atom stereocenters. The number of rotatable bonds is 27. The van der Waals surface area contributed by atoms with Crippen LogP contribution in [0, 0.1) is 24.7 Å². The number of methoxy groups -OCH3 is 1. The lowest BCUT2D eigenvalue weighted by molar-refractivity contribution is -0.176. The van der Waals surface area contributed by atoms with Gasteiger partial charge in [0, 0.05) is 32.3 Å². The Morgan fingerprint density at radius 1 is 0.981 bits per heavy atom. The number of ether oxygens (including phenoxy) is 3. The van der Waals surface area contributed by atoms with Crippen molar-refractivity contribution < 1.29 is 52.4 Å². The number of allylic oxidation sites excluding steroid dienone is 1. The lowest BCUT2D eigenvalue weighted by atomic mass is 9.83. The molecule has 0 saturated carbocycles. The first-order valence-corrected chi connectivity index (χ1v) is 18.8. The SMILES string of the molecule is CC#CCOc1ccc(C[C@H](NC(=O)[C@@H](/C=C/CCCCCCC(=O)CCCCCCC)[C@@](O)(CCO)C(=O)OCc2oc(=O)oc2C)C(=O)OC)cc1. The summed E-state index contributed by atoms with van der Waals surface area (Å²) in [4.78, 5) is 64.0. The van der Waals surface area contributed by atoms with Gasteiger partial charge >= 0.3 is 17.8 Å². The Hall–Kier alpha value is -4.67. The van der Waals surface area contributed by atoms with E-state index in [4.69, 9.17) is 23.0 Å². The lowest BCUT2D eigenvalue weighted by Gasteiger charge is -2.32. The number of carbonyl (C=O) groups excluding carboxylic acids is 4. The molecular weight excluding hydrogens is 698 g/mol. The fourth-order valence-electron chi connectivity index (χ4n) is 5.75. The first-order valence-electron chi connectivity index (χ1n) is 18.8. The molecule has 0 bridgehead atoms. The van der Waals surface area contributed by atoms with Gasteiger partial charge in [0.15, 0.2) is 23.7 Å². The van der Waals surface area contributed by atoms with E-state index in [0.717, 1.165) is 38.5 Å². The molecule has 0 saturated heterocycles. The normalized spacial score (nSPS) is 13.3. The third kappa shape index (κ3) is 16.1. The molecule has 0 radical (unpaired) electrons. The summed E-state index contributed by atoms with van der Waals surface area (Å²) in [5.41, 5.74) is -1.94. The van der Waals surface area contributed by atoms with E-state index in [-0.39, 0.29) is 30.3 Å². The van der Waals surface area contributed by atoms with Crippen LogP contribution < -0.4 is 15.9 Å². The minimum Gasteiger partial charge on any atom is -0.481 e. The third-order valence-electron chi connectivity index (χ3n) is 8.93. The van der Waals surface area contributed by atoms with Crippen LogP contribution in [0.4, 0.5) is 0 Å². The van der Waals surface area contributed by atoms with E-state index in [1.807, 2.05) is 0 Å². The monoisotopic (exact) mass is 755 g/mol. The van der Waals surface area contributed by atoms with Gasteiger partial charge in [0.2, 0.25) is 5.91 Å². The van der Waals surface area contributed by atoms with Crippen LogP contribution in [0.1, 0.15) is 114 Å². The highest BCUT2D eigenvalue weighted by Gasteiger charge is 2.48. The predicted octanol–water partition coefficient (Wildman–Crippen LogP) is 5.44. The molecule has 298 valence electrons. The number of unbranched alkanes of at least 4 members (excludes halogenated alkanes) is 8. The van der Waals surface area contributed by atoms with Gasteiger partial charge in [0.25, 0.3) is 0 Å². The molecular formula is C41H57NO12. The zero-order valence-corrected chi connectivity index (χ0v) is 32.1. The molecule has 2 rings (SSSR count). The van der Waals surface area contributed by atoms with Gasteiger partial charge in [-0.1, -0.05) is 75.7 Å². The number of benzene rings is 1. The number of Topliss-reactive ketones (excluding diaryl/α,β-unsaturated/α-hetero) is 1. The maximum absolute atomic E-state index is 14.0. The number of amides is 1. The number of ketones is 1. The molecule has 54 heavy (non-hydrogen) atoms. The molecule has 0 aliphatic heterocycles. The molecule has 1 amide bonds. The summed E-state index contributed by atoms with van der Waals surface area (Å²) in [6.45, 7) is 4.22. The van der Waals surface area contributed by atoms with Crippen molar-refractivity contribution >= 4 is 23.6 Å². The van der Waals surface area contributed by atoms with Crippen LogP contribution in [0.5, 0.6) is 5.75 Å². The quantitative estimate of drug-likeness (QED) is 0.0453. The van der Waals surface area contributed by atoms with E-state index in [1.54, 1.807) is 37.3 Å². The van der Waals surface area contributed by atoms with Crippen molar-refractivity contribution in [3.8, 4) is 17.6 Å². The molecule has 1 heterocycles.